The Labute approximate surface area is 118 Å². The van der Waals surface area contributed by atoms with Crippen molar-refractivity contribution in [3.8, 4) is 0 Å². The zero-order valence-electron chi connectivity index (χ0n) is 10.6. The van der Waals surface area contributed by atoms with Crippen molar-refractivity contribution in [2.75, 3.05) is 7.05 Å². The van der Waals surface area contributed by atoms with Crippen molar-refractivity contribution >= 4 is 29.1 Å². The molecule has 0 spiro atoms. The molecular weight excluding hydrogens is 271 g/mol. The summed E-state index contributed by atoms with van der Waals surface area (Å²) in [5.74, 6) is 0.0374. The minimum Gasteiger partial charge on any atom is -0.341 e. The summed E-state index contributed by atoms with van der Waals surface area (Å²) < 4.78 is 0. The molecule has 1 rings (SSSR count). The summed E-state index contributed by atoms with van der Waals surface area (Å²) in [5.41, 5.74) is 6.71. The van der Waals surface area contributed by atoms with Gasteiger partial charge in [0.25, 0.3) is 0 Å². The van der Waals surface area contributed by atoms with Crippen LogP contribution in [0.1, 0.15) is 25.3 Å². The molecule has 1 aromatic carbocycles. The number of amides is 1. The molecule has 1 aromatic rings. The van der Waals surface area contributed by atoms with Gasteiger partial charge < -0.3 is 10.6 Å². The fourth-order valence-corrected chi connectivity index (χ4v) is 1.85. The van der Waals surface area contributed by atoms with Gasteiger partial charge in [-0.25, -0.2) is 0 Å². The quantitative estimate of drug-likeness (QED) is 0.905. The van der Waals surface area contributed by atoms with E-state index in [2.05, 4.69) is 0 Å². The Bertz CT molecular complexity index is 423. The van der Waals surface area contributed by atoms with E-state index in [1.807, 2.05) is 13.0 Å². The van der Waals surface area contributed by atoms with E-state index >= 15 is 0 Å². The zero-order valence-corrected chi connectivity index (χ0v) is 12.1. The van der Waals surface area contributed by atoms with Crippen LogP contribution in [0, 0.1) is 0 Å². The summed E-state index contributed by atoms with van der Waals surface area (Å²) in [5, 5.41) is 1.02. The minimum atomic E-state index is -0.0752. The summed E-state index contributed by atoms with van der Waals surface area (Å²) in [6, 6.07) is 5.29. The number of halogens is 2. The van der Waals surface area contributed by atoms with Crippen LogP contribution in [0.3, 0.4) is 0 Å². The van der Waals surface area contributed by atoms with Gasteiger partial charge in [0.15, 0.2) is 0 Å². The average Bonchev–Trinajstić information content (AvgIpc) is 2.33. The highest BCUT2D eigenvalue weighted by molar-refractivity contribution is 6.42. The van der Waals surface area contributed by atoms with Crippen LogP contribution in [0.4, 0.5) is 0 Å². The molecule has 0 saturated heterocycles. The largest absolute Gasteiger partial charge is 0.341 e. The minimum absolute atomic E-state index is 0.0374. The third-order valence-corrected chi connectivity index (χ3v) is 3.53. The van der Waals surface area contributed by atoms with E-state index in [-0.39, 0.29) is 11.9 Å². The van der Waals surface area contributed by atoms with E-state index in [1.54, 1.807) is 24.1 Å². The second kappa shape index (κ2) is 6.98. The molecule has 0 radical (unpaired) electrons. The maximum absolute atomic E-state index is 11.9. The molecule has 1 amide bonds. The molecule has 0 heterocycles. The summed E-state index contributed by atoms with van der Waals surface area (Å²) >= 11 is 11.8. The first-order chi connectivity index (χ1) is 8.43. The number of hydrogen-bond acceptors (Lipinski definition) is 2. The number of hydrogen-bond donors (Lipinski definition) is 1. The molecule has 0 aliphatic rings. The highest BCUT2D eigenvalue weighted by atomic mass is 35.5. The Morgan fingerprint density at radius 1 is 1.39 bits per heavy atom. The van der Waals surface area contributed by atoms with Crippen molar-refractivity contribution in [2.24, 2.45) is 5.73 Å². The first kappa shape index (κ1) is 15.3. The molecule has 0 bridgehead atoms. The van der Waals surface area contributed by atoms with Gasteiger partial charge in [0.2, 0.25) is 5.91 Å². The SMILES string of the molecule is CCC(N)CC(=O)N(C)Cc1ccc(Cl)c(Cl)c1. The average molecular weight is 289 g/mol. The predicted molar refractivity (Wildman–Crippen MR) is 75.8 cm³/mol. The fourth-order valence-electron chi connectivity index (χ4n) is 1.52. The lowest BCUT2D eigenvalue weighted by Crippen LogP contribution is -2.32. The lowest BCUT2D eigenvalue weighted by atomic mass is 10.1. The van der Waals surface area contributed by atoms with Gasteiger partial charge in [-0.15, -0.1) is 0 Å². The van der Waals surface area contributed by atoms with Gasteiger partial charge in [-0.05, 0) is 24.1 Å². The Kier molecular flexibility index (Phi) is 5.93. The topological polar surface area (TPSA) is 46.3 Å². The molecule has 0 fully saturated rings. The maximum atomic E-state index is 11.9. The molecular formula is C13H18Cl2N2O. The van der Waals surface area contributed by atoms with Gasteiger partial charge in [-0.2, -0.15) is 0 Å². The predicted octanol–water partition coefficient (Wildman–Crippen LogP) is 3.08. The molecule has 0 saturated carbocycles. The van der Waals surface area contributed by atoms with Crippen molar-refractivity contribution < 1.29 is 4.79 Å². The number of benzene rings is 1. The second-order valence-corrected chi connectivity index (χ2v) is 5.19. The van der Waals surface area contributed by atoms with E-state index in [4.69, 9.17) is 28.9 Å². The van der Waals surface area contributed by atoms with Crippen LogP contribution in [-0.4, -0.2) is 23.9 Å². The van der Waals surface area contributed by atoms with E-state index in [0.29, 0.717) is 23.0 Å². The van der Waals surface area contributed by atoms with Gasteiger partial charge in [0.05, 0.1) is 10.0 Å². The molecule has 100 valence electrons. The highest BCUT2D eigenvalue weighted by Gasteiger charge is 2.13. The molecule has 18 heavy (non-hydrogen) atoms. The molecule has 1 atom stereocenters. The molecule has 5 heteroatoms. The maximum Gasteiger partial charge on any atom is 0.224 e. The number of rotatable bonds is 5. The third kappa shape index (κ3) is 4.48. The zero-order chi connectivity index (χ0) is 13.7. The Morgan fingerprint density at radius 3 is 2.61 bits per heavy atom. The summed E-state index contributed by atoms with van der Waals surface area (Å²) in [6.45, 7) is 2.48. The van der Waals surface area contributed by atoms with Crippen molar-refractivity contribution in [3.63, 3.8) is 0 Å². The van der Waals surface area contributed by atoms with Crippen molar-refractivity contribution in [1.82, 2.24) is 4.90 Å². The molecule has 1 unspecified atom stereocenters. The molecule has 0 aliphatic carbocycles. The van der Waals surface area contributed by atoms with Crippen molar-refractivity contribution in [1.29, 1.82) is 0 Å². The second-order valence-electron chi connectivity index (χ2n) is 4.37. The van der Waals surface area contributed by atoms with Crippen molar-refractivity contribution in [3.05, 3.63) is 33.8 Å². The van der Waals surface area contributed by atoms with Gasteiger partial charge in [-0.1, -0.05) is 36.2 Å². The van der Waals surface area contributed by atoms with Gasteiger partial charge in [0, 0.05) is 26.1 Å². The van der Waals surface area contributed by atoms with Crippen LogP contribution in [0.25, 0.3) is 0 Å². The smallest absolute Gasteiger partial charge is 0.224 e. The molecule has 3 nitrogen and oxygen atoms in total. The standard InChI is InChI=1S/C13H18Cl2N2O/c1-3-10(16)7-13(18)17(2)8-9-4-5-11(14)12(15)6-9/h4-6,10H,3,7-8,16H2,1-2H3. The number of carbonyl (C=O) groups is 1. The number of nitrogens with two attached hydrogens (primary N) is 1. The molecule has 2 N–H and O–H groups in total. The fraction of sp³-hybridized carbons (Fsp3) is 0.462. The van der Waals surface area contributed by atoms with Crippen LogP contribution >= 0.6 is 23.2 Å². The number of carbonyl (C=O) groups excluding carboxylic acids is 1. The van der Waals surface area contributed by atoms with E-state index < -0.39 is 0 Å². The Hall–Kier alpha value is -0.770. The summed E-state index contributed by atoms with van der Waals surface area (Å²) in [7, 11) is 1.76. The monoisotopic (exact) mass is 288 g/mol. The highest BCUT2D eigenvalue weighted by Crippen LogP contribution is 2.23. The van der Waals surface area contributed by atoms with Gasteiger partial charge in [-0.3, -0.25) is 4.79 Å². The van der Waals surface area contributed by atoms with Gasteiger partial charge in [0.1, 0.15) is 0 Å². The van der Waals surface area contributed by atoms with Crippen LogP contribution in [0.15, 0.2) is 18.2 Å². The van der Waals surface area contributed by atoms with E-state index in [0.717, 1.165) is 12.0 Å². The lowest BCUT2D eigenvalue weighted by molar-refractivity contribution is -0.130. The van der Waals surface area contributed by atoms with Crippen LogP contribution in [0.2, 0.25) is 10.0 Å². The van der Waals surface area contributed by atoms with Crippen LogP contribution in [-0.2, 0) is 11.3 Å². The molecule has 0 aliphatic heterocycles. The van der Waals surface area contributed by atoms with E-state index in [1.165, 1.54) is 0 Å². The Morgan fingerprint density at radius 2 is 2.06 bits per heavy atom. The summed E-state index contributed by atoms with van der Waals surface area (Å²) in [4.78, 5) is 13.5. The first-order valence-corrected chi connectivity index (χ1v) is 6.63. The Balaban J connectivity index is 2.60. The lowest BCUT2D eigenvalue weighted by Gasteiger charge is -2.19. The molecule has 0 aromatic heterocycles. The van der Waals surface area contributed by atoms with Crippen LogP contribution < -0.4 is 5.73 Å². The van der Waals surface area contributed by atoms with E-state index in [9.17, 15) is 4.79 Å². The first-order valence-electron chi connectivity index (χ1n) is 5.87. The normalized spacial score (nSPS) is 12.3. The van der Waals surface area contributed by atoms with Crippen LogP contribution in [0.5, 0.6) is 0 Å². The third-order valence-electron chi connectivity index (χ3n) is 2.79. The summed E-state index contributed by atoms with van der Waals surface area (Å²) in [6.07, 6.45) is 1.17. The van der Waals surface area contributed by atoms with Gasteiger partial charge >= 0.3 is 0 Å². The van der Waals surface area contributed by atoms with Crippen molar-refractivity contribution in [2.45, 2.75) is 32.4 Å². The number of nitrogens with zero attached hydrogens (tertiary/aromatic N) is 1.